The van der Waals surface area contributed by atoms with Crippen LogP contribution >= 0.6 is 0 Å². The van der Waals surface area contributed by atoms with Crippen LogP contribution in [0.5, 0.6) is 0 Å². The maximum absolute atomic E-state index is 2.40. The molecular formula is C15H23Ge. The molecule has 1 aromatic rings. The molecule has 16 heavy (non-hydrogen) atoms. The van der Waals surface area contributed by atoms with E-state index in [0.29, 0.717) is 17.8 Å². The minimum atomic E-state index is 0.621. The zero-order valence-electron chi connectivity index (χ0n) is 11.4. The fraction of sp³-hybridized carbons (Fsp3) is 0.600. The third-order valence-corrected chi connectivity index (χ3v) is 4.34. The monoisotopic (exact) mass is 277 g/mol. The Labute approximate surface area is 109 Å². The van der Waals surface area contributed by atoms with Crippen molar-refractivity contribution in [3.8, 4) is 0 Å². The van der Waals surface area contributed by atoms with Crippen molar-refractivity contribution in [1.29, 1.82) is 0 Å². The molecule has 0 aromatic heterocycles. The summed E-state index contributed by atoms with van der Waals surface area (Å²) in [4.78, 5) is 0. The van der Waals surface area contributed by atoms with E-state index in [0.717, 1.165) is 0 Å². The topological polar surface area (TPSA) is 0 Å². The Hall–Kier alpha value is -0.237. The van der Waals surface area contributed by atoms with Gasteiger partial charge in [0, 0.05) is 0 Å². The molecule has 0 atom stereocenters. The van der Waals surface area contributed by atoms with Gasteiger partial charge in [0.1, 0.15) is 0 Å². The van der Waals surface area contributed by atoms with E-state index in [4.69, 9.17) is 0 Å². The molecule has 1 aromatic carbocycles. The van der Waals surface area contributed by atoms with Crippen molar-refractivity contribution in [2.45, 2.75) is 59.3 Å². The molecule has 0 aliphatic carbocycles. The number of hydrogen-bond acceptors (Lipinski definition) is 0. The Morgan fingerprint density at radius 2 is 1.12 bits per heavy atom. The van der Waals surface area contributed by atoms with Gasteiger partial charge in [0.2, 0.25) is 0 Å². The van der Waals surface area contributed by atoms with E-state index < -0.39 is 0 Å². The van der Waals surface area contributed by atoms with Gasteiger partial charge in [0.15, 0.2) is 0 Å². The fourth-order valence-electron chi connectivity index (χ4n) is 1.96. The van der Waals surface area contributed by atoms with Crippen molar-refractivity contribution in [1.82, 2.24) is 0 Å². The first-order valence-electron chi connectivity index (χ1n) is 6.23. The first-order chi connectivity index (χ1) is 7.34. The van der Waals surface area contributed by atoms with Crippen LogP contribution in [0, 0.1) is 0 Å². The molecule has 1 rings (SSSR count). The van der Waals surface area contributed by atoms with Crippen molar-refractivity contribution in [3.05, 3.63) is 28.8 Å². The van der Waals surface area contributed by atoms with Gasteiger partial charge in [-0.25, -0.2) is 0 Å². The van der Waals surface area contributed by atoms with Gasteiger partial charge in [0.25, 0.3) is 0 Å². The molecule has 1 heteroatoms. The zero-order valence-corrected chi connectivity index (χ0v) is 13.5. The van der Waals surface area contributed by atoms with Gasteiger partial charge < -0.3 is 0 Å². The van der Waals surface area contributed by atoms with E-state index in [1.165, 1.54) is 21.1 Å². The van der Waals surface area contributed by atoms with Crippen molar-refractivity contribution in [2.24, 2.45) is 0 Å². The van der Waals surface area contributed by atoms with Crippen LogP contribution in [-0.4, -0.2) is 16.5 Å². The van der Waals surface area contributed by atoms with Gasteiger partial charge in [-0.15, -0.1) is 0 Å². The van der Waals surface area contributed by atoms with E-state index in [9.17, 15) is 0 Å². The Balaban J connectivity index is 3.39. The average molecular weight is 276 g/mol. The Bertz CT molecular complexity index is 333. The first kappa shape index (κ1) is 13.8. The molecule has 0 unspecified atom stereocenters. The summed E-state index contributed by atoms with van der Waals surface area (Å²) in [5, 5.41) is 0. The predicted octanol–water partition coefficient (Wildman–Crippen LogP) is 3.85. The van der Waals surface area contributed by atoms with Crippen LogP contribution < -0.4 is 4.40 Å². The molecule has 0 saturated heterocycles. The van der Waals surface area contributed by atoms with Crippen LogP contribution in [0.25, 0.3) is 0 Å². The number of benzene rings is 1. The number of hydrogen-bond donors (Lipinski definition) is 0. The molecule has 87 valence electrons. The predicted molar refractivity (Wildman–Crippen MR) is 74.1 cm³/mol. The summed E-state index contributed by atoms with van der Waals surface area (Å²) in [5.41, 5.74) is 4.53. The SMILES string of the molecule is CC(C)c1cc(C(C)C)[c]([Ge])c(C(C)C)c1. The molecule has 0 bridgehead atoms. The molecule has 0 amide bonds. The molecule has 0 N–H and O–H groups in total. The van der Waals surface area contributed by atoms with Crippen molar-refractivity contribution < 1.29 is 0 Å². The first-order valence-corrected chi connectivity index (χ1v) is 7.28. The molecule has 0 aliphatic rings. The Morgan fingerprint density at radius 1 is 0.750 bits per heavy atom. The molecule has 0 heterocycles. The molecule has 0 fully saturated rings. The Morgan fingerprint density at radius 3 is 1.38 bits per heavy atom. The Kier molecular flexibility index (Phi) is 4.66. The number of rotatable bonds is 3. The summed E-state index contributed by atoms with van der Waals surface area (Å²) in [6, 6.07) is 4.80. The molecule has 0 spiro atoms. The van der Waals surface area contributed by atoms with E-state index in [2.05, 4.69) is 70.2 Å². The van der Waals surface area contributed by atoms with Crippen LogP contribution in [0.15, 0.2) is 12.1 Å². The van der Waals surface area contributed by atoms with Crippen molar-refractivity contribution in [3.63, 3.8) is 0 Å². The van der Waals surface area contributed by atoms with Gasteiger partial charge in [-0.2, -0.15) is 0 Å². The summed E-state index contributed by atoms with van der Waals surface area (Å²) in [5.74, 6) is 1.86. The summed E-state index contributed by atoms with van der Waals surface area (Å²) >= 11 is 2.27. The van der Waals surface area contributed by atoms with Crippen LogP contribution in [0.4, 0.5) is 0 Å². The fourth-order valence-corrected chi connectivity index (χ4v) is 3.47. The second-order valence-corrected chi connectivity index (χ2v) is 6.59. The second-order valence-electron chi connectivity index (χ2n) is 5.54. The van der Waals surface area contributed by atoms with Crippen LogP contribution in [0.2, 0.25) is 0 Å². The third kappa shape index (κ3) is 2.91. The van der Waals surface area contributed by atoms with Gasteiger partial charge in [-0.05, 0) is 0 Å². The molecular weight excluding hydrogens is 253 g/mol. The summed E-state index contributed by atoms with van der Waals surface area (Å²) in [6.07, 6.45) is 0. The van der Waals surface area contributed by atoms with Gasteiger partial charge in [0.05, 0.1) is 0 Å². The minimum absolute atomic E-state index is 0.621. The second kappa shape index (κ2) is 5.40. The van der Waals surface area contributed by atoms with Gasteiger partial charge >= 0.3 is 109 Å². The van der Waals surface area contributed by atoms with Crippen LogP contribution in [0.3, 0.4) is 0 Å². The van der Waals surface area contributed by atoms with Crippen molar-refractivity contribution in [2.75, 3.05) is 0 Å². The summed E-state index contributed by atoms with van der Waals surface area (Å²) < 4.78 is 1.49. The molecule has 3 radical (unpaired) electrons. The molecule has 0 aliphatic heterocycles. The van der Waals surface area contributed by atoms with E-state index in [1.807, 2.05) is 0 Å². The summed E-state index contributed by atoms with van der Waals surface area (Å²) in [7, 11) is 0. The van der Waals surface area contributed by atoms with Crippen molar-refractivity contribution >= 4 is 20.9 Å². The van der Waals surface area contributed by atoms with Gasteiger partial charge in [-0.1, -0.05) is 0 Å². The van der Waals surface area contributed by atoms with E-state index in [1.54, 1.807) is 0 Å². The van der Waals surface area contributed by atoms with E-state index >= 15 is 0 Å². The standard InChI is InChI=1S/C15H23Ge/c1-9(2)12-7-13(10(3)4)15(16)14(8-12)11(5)6/h7-11H,1-6H3. The van der Waals surface area contributed by atoms with Gasteiger partial charge in [-0.3, -0.25) is 0 Å². The maximum atomic E-state index is 2.40. The average Bonchev–Trinajstić information content (AvgIpc) is 2.16. The molecule has 0 nitrogen and oxygen atoms in total. The van der Waals surface area contributed by atoms with Crippen LogP contribution in [0.1, 0.15) is 76.0 Å². The zero-order chi connectivity index (χ0) is 12.5. The quantitative estimate of drug-likeness (QED) is 0.735. The third-order valence-electron chi connectivity index (χ3n) is 3.13. The van der Waals surface area contributed by atoms with Crippen LogP contribution in [-0.2, 0) is 0 Å². The van der Waals surface area contributed by atoms with E-state index in [-0.39, 0.29) is 0 Å². The normalized spacial score (nSPS) is 11.9. The summed E-state index contributed by atoms with van der Waals surface area (Å²) in [6.45, 7) is 13.7. The molecule has 0 saturated carbocycles.